The Bertz CT molecular complexity index is 201. The monoisotopic (exact) mass is 225 g/mol. The molecule has 0 aromatic heterocycles. The Kier molecular flexibility index (Phi) is 4.66. The molecule has 1 saturated heterocycles. The summed E-state index contributed by atoms with van der Waals surface area (Å²) in [5.74, 6) is 1.77. The molecule has 0 spiro atoms. The highest BCUT2D eigenvalue weighted by molar-refractivity contribution is 4.85. The van der Waals surface area contributed by atoms with Crippen molar-refractivity contribution in [3.8, 4) is 0 Å². The second-order valence-corrected chi connectivity index (χ2v) is 5.71. The van der Waals surface area contributed by atoms with Crippen molar-refractivity contribution in [2.75, 3.05) is 13.2 Å². The van der Waals surface area contributed by atoms with E-state index in [1.807, 2.05) is 0 Å². The fraction of sp³-hybridized carbons (Fsp3) is 1.00. The first-order valence-electron chi connectivity index (χ1n) is 7.14. The summed E-state index contributed by atoms with van der Waals surface area (Å²) in [7, 11) is 0. The molecule has 1 aliphatic heterocycles. The first-order valence-corrected chi connectivity index (χ1v) is 7.14. The standard InChI is InChI=1S/C14H27NO/c1-3-15-14-7-6-11(2)9-12(14)10-13-5-4-8-16-13/h11-15H,3-10H2,1-2H3. The van der Waals surface area contributed by atoms with Crippen LogP contribution in [0.3, 0.4) is 0 Å². The Hall–Kier alpha value is -0.0800. The normalized spacial score (nSPS) is 40.1. The molecular weight excluding hydrogens is 198 g/mol. The molecule has 2 heteroatoms. The van der Waals surface area contributed by atoms with Gasteiger partial charge >= 0.3 is 0 Å². The van der Waals surface area contributed by atoms with Gasteiger partial charge in [0.15, 0.2) is 0 Å². The van der Waals surface area contributed by atoms with E-state index in [4.69, 9.17) is 4.74 Å². The first kappa shape index (κ1) is 12.4. The lowest BCUT2D eigenvalue weighted by Gasteiger charge is -2.36. The van der Waals surface area contributed by atoms with Gasteiger partial charge in [-0.05, 0) is 56.9 Å². The van der Waals surface area contributed by atoms with Crippen LogP contribution in [0.2, 0.25) is 0 Å². The minimum absolute atomic E-state index is 0.566. The van der Waals surface area contributed by atoms with Gasteiger partial charge in [0.25, 0.3) is 0 Å². The molecule has 94 valence electrons. The van der Waals surface area contributed by atoms with Crippen LogP contribution in [0.25, 0.3) is 0 Å². The average Bonchev–Trinajstić information content (AvgIpc) is 2.75. The zero-order valence-corrected chi connectivity index (χ0v) is 10.9. The highest BCUT2D eigenvalue weighted by Gasteiger charge is 2.31. The number of ether oxygens (including phenoxy) is 1. The van der Waals surface area contributed by atoms with Crippen LogP contribution < -0.4 is 5.32 Å². The second kappa shape index (κ2) is 6.02. The lowest BCUT2D eigenvalue weighted by Crippen LogP contribution is -2.41. The molecule has 4 atom stereocenters. The molecule has 16 heavy (non-hydrogen) atoms. The molecule has 0 radical (unpaired) electrons. The Morgan fingerprint density at radius 3 is 2.81 bits per heavy atom. The Labute approximate surface area is 100 Å². The molecule has 0 amide bonds. The summed E-state index contributed by atoms with van der Waals surface area (Å²) in [6.45, 7) is 6.74. The Morgan fingerprint density at radius 2 is 2.12 bits per heavy atom. The summed E-state index contributed by atoms with van der Waals surface area (Å²) in [5.41, 5.74) is 0. The van der Waals surface area contributed by atoms with Crippen molar-refractivity contribution >= 4 is 0 Å². The minimum atomic E-state index is 0.566. The lowest BCUT2D eigenvalue weighted by molar-refractivity contribution is 0.0689. The van der Waals surface area contributed by atoms with Crippen molar-refractivity contribution in [3.05, 3.63) is 0 Å². The molecule has 2 aliphatic rings. The molecule has 2 nitrogen and oxygen atoms in total. The van der Waals surface area contributed by atoms with Crippen molar-refractivity contribution in [2.45, 2.75) is 64.5 Å². The quantitative estimate of drug-likeness (QED) is 0.794. The summed E-state index contributed by atoms with van der Waals surface area (Å²) < 4.78 is 5.79. The van der Waals surface area contributed by atoms with Gasteiger partial charge in [-0.1, -0.05) is 13.8 Å². The molecule has 1 saturated carbocycles. The molecule has 4 unspecified atom stereocenters. The average molecular weight is 225 g/mol. The number of nitrogens with one attached hydrogen (secondary N) is 1. The van der Waals surface area contributed by atoms with Gasteiger partial charge in [0.2, 0.25) is 0 Å². The van der Waals surface area contributed by atoms with Crippen LogP contribution in [0.4, 0.5) is 0 Å². The van der Waals surface area contributed by atoms with E-state index in [1.54, 1.807) is 0 Å². The maximum absolute atomic E-state index is 5.79. The fourth-order valence-corrected chi connectivity index (χ4v) is 3.46. The van der Waals surface area contributed by atoms with Crippen LogP contribution in [0, 0.1) is 11.8 Å². The third-order valence-corrected chi connectivity index (χ3v) is 4.30. The van der Waals surface area contributed by atoms with Crippen molar-refractivity contribution in [2.24, 2.45) is 11.8 Å². The summed E-state index contributed by atoms with van der Waals surface area (Å²) in [5, 5.41) is 3.67. The van der Waals surface area contributed by atoms with E-state index in [0.717, 1.165) is 31.0 Å². The Balaban J connectivity index is 1.85. The van der Waals surface area contributed by atoms with Crippen LogP contribution in [0.5, 0.6) is 0 Å². The predicted octanol–water partition coefficient (Wildman–Crippen LogP) is 2.97. The highest BCUT2D eigenvalue weighted by Crippen LogP contribution is 2.34. The van der Waals surface area contributed by atoms with Crippen molar-refractivity contribution in [3.63, 3.8) is 0 Å². The number of hydrogen-bond donors (Lipinski definition) is 1. The predicted molar refractivity (Wildman–Crippen MR) is 67.6 cm³/mol. The number of hydrogen-bond acceptors (Lipinski definition) is 2. The maximum atomic E-state index is 5.79. The van der Waals surface area contributed by atoms with E-state index in [2.05, 4.69) is 19.2 Å². The molecule has 2 fully saturated rings. The van der Waals surface area contributed by atoms with Gasteiger partial charge in [0.05, 0.1) is 6.10 Å². The summed E-state index contributed by atoms with van der Waals surface area (Å²) in [6.07, 6.45) is 8.60. The van der Waals surface area contributed by atoms with Gasteiger partial charge in [-0.15, -0.1) is 0 Å². The molecule has 0 aromatic rings. The third-order valence-electron chi connectivity index (χ3n) is 4.30. The van der Waals surface area contributed by atoms with Gasteiger partial charge in [-0.3, -0.25) is 0 Å². The van der Waals surface area contributed by atoms with Crippen molar-refractivity contribution in [1.82, 2.24) is 5.32 Å². The molecule has 2 rings (SSSR count). The molecule has 1 N–H and O–H groups in total. The minimum Gasteiger partial charge on any atom is -0.378 e. The zero-order chi connectivity index (χ0) is 11.4. The van der Waals surface area contributed by atoms with Gasteiger partial charge in [-0.2, -0.15) is 0 Å². The summed E-state index contributed by atoms with van der Waals surface area (Å²) in [6, 6.07) is 0.755. The molecule has 1 aliphatic carbocycles. The van der Waals surface area contributed by atoms with Crippen LogP contribution in [-0.4, -0.2) is 25.3 Å². The Morgan fingerprint density at radius 1 is 1.25 bits per heavy atom. The SMILES string of the molecule is CCNC1CCC(C)CC1CC1CCCO1. The highest BCUT2D eigenvalue weighted by atomic mass is 16.5. The smallest absolute Gasteiger partial charge is 0.0579 e. The van der Waals surface area contributed by atoms with Gasteiger partial charge in [-0.25, -0.2) is 0 Å². The van der Waals surface area contributed by atoms with E-state index in [9.17, 15) is 0 Å². The van der Waals surface area contributed by atoms with Crippen LogP contribution in [-0.2, 0) is 4.74 Å². The van der Waals surface area contributed by atoms with E-state index in [0.29, 0.717) is 6.10 Å². The van der Waals surface area contributed by atoms with Crippen LogP contribution in [0.1, 0.15) is 52.4 Å². The second-order valence-electron chi connectivity index (χ2n) is 5.71. The lowest BCUT2D eigenvalue weighted by atomic mass is 9.76. The van der Waals surface area contributed by atoms with Gasteiger partial charge < -0.3 is 10.1 Å². The van der Waals surface area contributed by atoms with Crippen LogP contribution in [0.15, 0.2) is 0 Å². The van der Waals surface area contributed by atoms with E-state index >= 15 is 0 Å². The molecule has 0 aromatic carbocycles. The van der Waals surface area contributed by atoms with E-state index < -0.39 is 0 Å². The van der Waals surface area contributed by atoms with Crippen molar-refractivity contribution in [1.29, 1.82) is 0 Å². The largest absolute Gasteiger partial charge is 0.378 e. The van der Waals surface area contributed by atoms with Crippen LogP contribution >= 0.6 is 0 Å². The van der Waals surface area contributed by atoms with Gasteiger partial charge in [0.1, 0.15) is 0 Å². The van der Waals surface area contributed by atoms with E-state index in [1.165, 1.54) is 38.5 Å². The third kappa shape index (κ3) is 3.21. The summed E-state index contributed by atoms with van der Waals surface area (Å²) >= 11 is 0. The molecule has 1 heterocycles. The zero-order valence-electron chi connectivity index (χ0n) is 10.9. The molecular formula is C14H27NO. The fourth-order valence-electron chi connectivity index (χ4n) is 3.46. The van der Waals surface area contributed by atoms with E-state index in [-0.39, 0.29) is 0 Å². The van der Waals surface area contributed by atoms with Gasteiger partial charge in [0, 0.05) is 12.6 Å². The first-order chi connectivity index (χ1) is 7.79. The topological polar surface area (TPSA) is 21.3 Å². The maximum Gasteiger partial charge on any atom is 0.0579 e. The van der Waals surface area contributed by atoms with Crippen molar-refractivity contribution < 1.29 is 4.74 Å². The molecule has 0 bridgehead atoms. The number of rotatable bonds is 4. The summed E-state index contributed by atoms with van der Waals surface area (Å²) in [4.78, 5) is 0.